The SMILES string of the molecule is c1ccc(-c2ccc3c(c2)Oc2cccc(-c4ccccc4)c2-c2ccccc2Oc2ccccc2-3)cc1. The van der Waals surface area contributed by atoms with Gasteiger partial charge in [-0.05, 0) is 52.6 Å². The lowest BCUT2D eigenvalue weighted by Crippen LogP contribution is -1.99. The fraction of sp³-hybridized carbons (Fsp3) is 0. The second-order valence-electron chi connectivity index (χ2n) is 9.32. The minimum absolute atomic E-state index is 0.785. The molecule has 0 aromatic heterocycles. The molecule has 180 valence electrons. The van der Waals surface area contributed by atoms with Crippen molar-refractivity contribution in [3.05, 3.63) is 146 Å². The van der Waals surface area contributed by atoms with Crippen molar-refractivity contribution in [2.45, 2.75) is 0 Å². The molecule has 0 aliphatic carbocycles. The molecule has 6 aromatic carbocycles. The molecule has 2 nitrogen and oxygen atoms in total. The standard InChI is InChI=1S/C36H24O2/c1-3-12-25(13-4-1)27-22-23-30-29-16-7-9-19-32(29)37-33-20-10-8-17-31(33)36-28(26-14-5-2-6-15-26)18-11-21-34(36)38-35(30)24-27/h1-24H. The van der Waals surface area contributed by atoms with Gasteiger partial charge < -0.3 is 9.47 Å². The smallest absolute Gasteiger partial charge is 0.136 e. The van der Waals surface area contributed by atoms with Gasteiger partial charge in [0.2, 0.25) is 0 Å². The molecule has 1 aliphatic rings. The van der Waals surface area contributed by atoms with Crippen molar-refractivity contribution in [3.8, 4) is 67.5 Å². The third-order valence-electron chi connectivity index (χ3n) is 6.97. The molecule has 0 spiro atoms. The third-order valence-corrected chi connectivity index (χ3v) is 6.97. The average molecular weight is 489 g/mol. The predicted molar refractivity (Wildman–Crippen MR) is 155 cm³/mol. The molecule has 0 atom stereocenters. The van der Waals surface area contributed by atoms with Crippen LogP contribution in [0.1, 0.15) is 0 Å². The fourth-order valence-corrected chi connectivity index (χ4v) is 5.17. The van der Waals surface area contributed by atoms with Gasteiger partial charge in [-0.3, -0.25) is 0 Å². The Balaban J connectivity index is 1.52. The van der Waals surface area contributed by atoms with E-state index >= 15 is 0 Å². The largest absolute Gasteiger partial charge is 0.456 e. The molecular weight excluding hydrogens is 464 g/mol. The second kappa shape index (κ2) is 9.42. The number of hydrogen-bond acceptors (Lipinski definition) is 2. The molecule has 2 heteroatoms. The Bertz CT molecular complexity index is 1750. The van der Waals surface area contributed by atoms with Gasteiger partial charge in [-0.15, -0.1) is 0 Å². The Hall–Kier alpha value is -5.08. The van der Waals surface area contributed by atoms with Gasteiger partial charge in [0, 0.05) is 22.3 Å². The van der Waals surface area contributed by atoms with E-state index in [1.54, 1.807) is 0 Å². The van der Waals surface area contributed by atoms with Crippen LogP contribution in [0.2, 0.25) is 0 Å². The van der Waals surface area contributed by atoms with E-state index in [0.717, 1.165) is 67.5 Å². The van der Waals surface area contributed by atoms with Gasteiger partial charge in [-0.2, -0.15) is 0 Å². The summed E-state index contributed by atoms with van der Waals surface area (Å²) < 4.78 is 13.6. The highest BCUT2D eigenvalue weighted by atomic mass is 16.5. The van der Waals surface area contributed by atoms with Crippen LogP contribution in [0.15, 0.2) is 146 Å². The summed E-state index contributed by atoms with van der Waals surface area (Å²) in [7, 11) is 0. The summed E-state index contributed by atoms with van der Waals surface area (Å²) >= 11 is 0. The maximum atomic E-state index is 6.90. The van der Waals surface area contributed by atoms with E-state index in [1.807, 2.05) is 54.6 Å². The molecular formula is C36H24O2. The molecule has 1 heterocycles. The molecule has 0 saturated carbocycles. The van der Waals surface area contributed by atoms with Gasteiger partial charge in [0.1, 0.15) is 23.0 Å². The van der Waals surface area contributed by atoms with Crippen molar-refractivity contribution >= 4 is 0 Å². The summed E-state index contributed by atoms with van der Waals surface area (Å²) in [6, 6.07) is 49.9. The minimum atomic E-state index is 0.785. The molecule has 0 bridgehead atoms. The first-order chi connectivity index (χ1) is 18.8. The van der Waals surface area contributed by atoms with Gasteiger partial charge in [0.15, 0.2) is 0 Å². The summed E-state index contributed by atoms with van der Waals surface area (Å²) in [5.41, 5.74) is 8.41. The maximum Gasteiger partial charge on any atom is 0.136 e. The Labute approximate surface area is 222 Å². The van der Waals surface area contributed by atoms with Crippen LogP contribution in [-0.2, 0) is 0 Å². The Morgan fingerprint density at radius 3 is 1.58 bits per heavy atom. The topological polar surface area (TPSA) is 18.5 Å². The number of para-hydroxylation sites is 2. The van der Waals surface area contributed by atoms with E-state index < -0.39 is 0 Å². The number of fused-ring (bicyclic) bond motifs is 6. The zero-order valence-corrected chi connectivity index (χ0v) is 20.7. The highest BCUT2D eigenvalue weighted by molar-refractivity contribution is 5.91. The van der Waals surface area contributed by atoms with Crippen molar-refractivity contribution in [1.29, 1.82) is 0 Å². The van der Waals surface area contributed by atoms with Crippen molar-refractivity contribution in [1.82, 2.24) is 0 Å². The average Bonchev–Trinajstić information content (AvgIpc) is 2.99. The Morgan fingerprint density at radius 2 is 0.816 bits per heavy atom. The molecule has 1 aliphatic heterocycles. The van der Waals surface area contributed by atoms with Crippen LogP contribution in [0.3, 0.4) is 0 Å². The van der Waals surface area contributed by atoms with E-state index in [1.165, 1.54) is 0 Å². The van der Waals surface area contributed by atoms with E-state index in [-0.39, 0.29) is 0 Å². The van der Waals surface area contributed by atoms with E-state index in [2.05, 4.69) is 91.0 Å². The van der Waals surface area contributed by atoms with Crippen LogP contribution in [0, 0.1) is 0 Å². The van der Waals surface area contributed by atoms with E-state index in [9.17, 15) is 0 Å². The van der Waals surface area contributed by atoms with E-state index in [0.29, 0.717) is 0 Å². The summed E-state index contributed by atoms with van der Waals surface area (Å²) in [6.07, 6.45) is 0. The highest BCUT2D eigenvalue weighted by Gasteiger charge is 2.23. The van der Waals surface area contributed by atoms with Crippen LogP contribution < -0.4 is 9.47 Å². The second-order valence-corrected chi connectivity index (χ2v) is 9.32. The van der Waals surface area contributed by atoms with Crippen molar-refractivity contribution in [2.24, 2.45) is 0 Å². The molecule has 0 fully saturated rings. The number of rotatable bonds is 2. The third kappa shape index (κ3) is 3.93. The summed E-state index contributed by atoms with van der Waals surface area (Å²) in [5, 5.41) is 0. The normalized spacial score (nSPS) is 11.6. The molecule has 7 rings (SSSR count). The zero-order valence-electron chi connectivity index (χ0n) is 20.7. The Kier molecular flexibility index (Phi) is 5.49. The first kappa shape index (κ1) is 22.1. The predicted octanol–water partition coefficient (Wildman–Crippen LogP) is 10.3. The van der Waals surface area contributed by atoms with Crippen LogP contribution in [0.5, 0.6) is 23.0 Å². The van der Waals surface area contributed by atoms with Gasteiger partial charge >= 0.3 is 0 Å². The van der Waals surface area contributed by atoms with Crippen LogP contribution >= 0.6 is 0 Å². The van der Waals surface area contributed by atoms with Gasteiger partial charge in [0.05, 0.1) is 0 Å². The van der Waals surface area contributed by atoms with Crippen LogP contribution in [-0.4, -0.2) is 0 Å². The highest BCUT2D eigenvalue weighted by Crippen LogP contribution is 2.50. The molecule has 0 unspecified atom stereocenters. The molecule has 6 aromatic rings. The molecule has 38 heavy (non-hydrogen) atoms. The number of ether oxygens (including phenoxy) is 2. The molecule has 0 saturated heterocycles. The van der Waals surface area contributed by atoms with Crippen molar-refractivity contribution in [3.63, 3.8) is 0 Å². The molecule has 0 amide bonds. The lowest BCUT2D eigenvalue weighted by atomic mass is 9.92. The minimum Gasteiger partial charge on any atom is -0.456 e. The van der Waals surface area contributed by atoms with Gasteiger partial charge in [0.25, 0.3) is 0 Å². The van der Waals surface area contributed by atoms with Crippen LogP contribution in [0.25, 0.3) is 44.5 Å². The monoisotopic (exact) mass is 488 g/mol. The first-order valence-electron chi connectivity index (χ1n) is 12.8. The lowest BCUT2D eigenvalue weighted by molar-refractivity contribution is 0.472. The van der Waals surface area contributed by atoms with E-state index in [4.69, 9.17) is 9.47 Å². The van der Waals surface area contributed by atoms with Crippen molar-refractivity contribution in [2.75, 3.05) is 0 Å². The zero-order chi connectivity index (χ0) is 25.3. The number of hydrogen-bond donors (Lipinski definition) is 0. The summed E-state index contributed by atoms with van der Waals surface area (Å²) in [6.45, 7) is 0. The van der Waals surface area contributed by atoms with Gasteiger partial charge in [-0.1, -0.05) is 115 Å². The molecule has 0 N–H and O–H groups in total. The fourth-order valence-electron chi connectivity index (χ4n) is 5.17. The summed E-state index contributed by atoms with van der Waals surface area (Å²) in [4.78, 5) is 0. The Morgan fingerprint density at radius 1 is 0.289 bits per heavy atom. The quantitative estimate of drug-likeness (QED) is 0.241. The molecule has 0 radical (unpaired) electrons. The van der Waals surface area contributed by atoms with Gasteiger partial charge in [-0.25, -0.2) is 0 Å². The number of benzene rings is 6. The lowest BCUT2D eigenvalue weighted by Gasteiger charge is -2.23. The van der Waals surface area contributed by atoms with Crippen molar-refractivity contribution < 1.29 is 9.47 Å². The summed E-state index contributed by atoms with van der Waals surface area (Å²) in [5.74, 6) is 3.15. The maximum absolute atomic E-state index is 6.90. The first-order valence-corrected chi connectivity index (χ1v) is 12.8. The van der Waals surface area contributed by atoms with Crippen LogP contribution in [0.4, 0.5) is 0 Å².